The first kappa shape index (κ1) is 24.4. The highest BCUT2D eigenvalue weighted by Crippen LogP contribution is 2.29. The Bertz CT molecular complexity index is 1080. The van der Waals surface area contributed by atoms with Crippen molar-refractivity contribution in [2.24, 2.45) is 5.92 Å². The van der Waals surface area contributed by atoms with Gasteiger partial charge in [-0.1, -0.05) is 12.1 Å². The molecule has 34 heavy (non-hydrogen) atoms. The highest BCUT2D eigenvalue weighted by atomic mass is 32.2. The van der Waals surface area contributed by atoms with Gasteiger partial charge in [0.25, 0.3) is 0 Å². The number of hydrogen-bond donors (Lipinski definition) is 1. The van der Waals surface area contributed by atoms with Gasteiger partial charge < -0.3 is 19.7 Å². The fourth-order valence-electron chi connectivity index (χ4n) is 4.35. The van der Waals surface area contributed by atoms with E-state index in [0.717, 1.165) is 11.3 Å². The summed E-state index contributed by atoms with van der Waals surface area (Å²) in [6.45, 7) is 5.59. The number of pyridine rings is 1. The Balaban J connectivity index is 1.36. The van der Waals surface area contributed by atoms with Crippen molar-refractivity contribution in [3.63, 3.8) is 0 Å². The Morgan fingerprint density at radius 2 is 1.91 bits per heavy atom. The summed E-state index contributed by atoms with van der Waals surface area (Å²) in [5.74, 6) is 1.15. The van der Waals surface area contributed by atoms with Gasteiger partial charge in [0.2, 0.25) is 15.9 Å². The summed E-state index contributed by atoms with van der Waals surface area (Å²) in [7, 11) is -3.66. The van der Waals surface area contributed by atoms with Crippen LogP contribution in [-0.4, -0.2) is 69.6 Å². The first-order chi connectivity index (χ1) is 16.5. The van der Waals surface area contributed by atoms with Crippen molar-refractivity contribution in [1.82, 2.24) is 14.6 Å². The number of carbonyl (C=O) groups is 1. The maximum absolute atomic E-state index is 13.2. The molecule has 0 spiro atoms. The number of anilines is 1. The predicted molar refractivity (Wildman–Crippen MR) is 128 cm³/mol. The Morgan fingerprint density at radius 3 is 2.65 bits per heavy atom. The van der Waals surface area contributed by atoms with E-state index in [1.807, 2.05) is 36.1 Å². The summed E-state index contributed by atoms with van der Waals surface area (Å²) in [5, 5.41) is 3.03. The van der Waals surface area contributed by atoms with Crippen LogP contribution in [0, 0.1) is 5.92 Å². The second-order valence-electron chi connectivity index (χ2n) is 8.40. The van der Waals surface area contributed by atoms with Crippen LogP contribution >= 0.6 is 0 Å². The maximum Gasteiger partial charge on any atom is 0.246 e. The minimum absolute atomic E-state index is 0.0173. The van der Waals surface area contributed by atoms with Crippen molar-refractivity contribution in [2.75, 3.05) is 50.9 Å². The van der Waals surface area contributed by atoms with E-state index in [1.54, 1.807) is 18.3 Å². The van der Waals surface area contributed by atoms with Gasteiger partial charge in [0.1, 0.15) is 16.5 Å². The van der Waals surface area contributed by atoms with E-state index < -0.39 is 10.0 Å². The van der Waals surface area contributed by atoms with E-state index in [0.29, 0.717) is 71.2 Å². The molecule has 2 saturated heterocycles. The summed E-state index contributed by atoms with van der Waals surface area (Å²) in [4.78, 5) is 19.4. The highest BCUT2D eigenvalue weighted by molar-refractivity contribution is 7.89. The van der Waals surface area contributed by atoms with Crippen molar-refractivity contribution in [2.45, 2.75) is 31.2 Å². The number of benzene rings is 1. The van der Waals surface area contributed by atoms with Gasteiger partial charge >= 0.3 is 0 Å². The van der Waals surface area contributed by atoms with Crippen LogP contribution in [0.3, 0.4) is 0 Å². The molecule has 1 N–H and O–H groups in total. The molecule has 0 unspecified atom stereocenters. The van der Waals surface area contributed by atoms with Gasteiger partial charge in [0.15, 0.2) is 0 Å². The minimum atomic E-state index is -3.66. The summed E-state index contributed by atoms with van der Waals surface area (Å²) >= 11 is 0. The van der Waals surface area contributed by atoms with Crippen molar-refractivity contribution in [3.8, 4) is 5.75 Å². The molecule has 1 amide bonds. The second kappa shape index (κ2) is 11.2. The van der Waals surface area contributed by atoms with E-state index in [1.165, 1.54) is 4.31 Å². The van der Waals surface area contributed by atoms with Crippen LogP contribution < -0.4 is 15.0 Å². The zero-order chi connectivity index (χ0) is 24.0. The van der Waals surface area contributed by atoms with Crippen LogP contribution in [0.1, 0.15) is 25.3 Å². The van der Waals surface area contributed by atoms with E-state index in [-0.39, 0.29) is 16.7 Å². The molecule has 0 radical (unpaired) electrons. The smallest absolute Gasteiger partial charge is 0.246 e. The molecule has 2 aromatic rings. The summed E-state index contributed by atoms with van der Waals surface area (Å²) < 4.78 is 38.8. The van der Waals surface area contributed by atoms with Crippen LogP contribution in [0.2, 0.25) is 0 Å². The molecule has 1 aromatic heterocycles. The summed E-state index contributed by atoms with van der Waals surface area (Å²) in [6.07, 6.45) is 2.89. The lowest BCUT2D eigenvalue weighted by molar-refractivity contribution is -0.125. The molecular formula is C24H32N4O5S. The molecule has 0 bridgehead atoms. The van der Waals surface area contributed by atoms with Gasteiger partial charge in [-0.2, -0.15) is 4.31 Å². The van der Waals surface area contributed by atoms with E-state index in [2.05, 4.69) is 10.3 Å². The number of nitrogens with one attached hydrogen (secondary N) is 1. The van der Waals surface area contributed by atoms with Gasteiger partial charge in [-0.25, -0.2) is 13.4 Å². The predicted octanol–water partition coefficient (Wildman–Crippen LogP) is 2.03. The van der Waals surface area contributed by atoms with Crippen molar-refractivity contribution in [3.05, 3.63) is 48.2 Å². The zero-order valence-electron chi connectivity index (χ0n) is 19.5. The molecule has 1 aromatic carbocycles. The molecule has 2 aliphatic rings. The van der Waals surface area contributed by atoms with Crippen LogP contribution in [-0.2, 0) is 26.1 Å². The summed E-state index contributed by atoms with van der Waals surface area (Å²) in [5.41, 5.74) is 0.989. The Labute approximate surface area is 201 Å². The lowest BCUT2D eigenvalue weighted by Crippen LogP contribution is -2.43. The topological polar surface area (TPSA) is 101 Å². The highest BCUT2D eigenvalue weighted by Gasteiger charge is 2.33. The van der Waals surface area contributed by atoms with Crippen LogP contribution in [0.5, 0.6) is 5.75 Å². The van der Waals surface area contributed by atoms with E-state index in [4.69, 9.17) is 9.47 Å². The largest absolute Gasteiger partial charge is 0.494 e. The minimum Gasteiger partial charge on any atom is -0.494 e. The first-order valence-corrected chi connectivity index (χ1v) is 13.2. The first-order valence-electron chi connectivity index (χ1n) is 11.8. The van der Waals surface area contributed by atoms with E-state index >= 15 is 0 Å². The molecule has 4 rings (SSSR count). The third kappa shape index (κ3) is 5.68. The number of rotatable bonds is 8. The lowest BCUT2D eigenvalue weighted by atomic mass is 9.96. The van der Waals surface area contributed by atoms with Crippen LogP contribution in [0.4, 0.5) is 5.82 Å². The summed E-state index contributed by atoms with van der Waals surface area (Å²) in [6, 6.07) is 11.0. The Kier molecular flexibility index (Phi) is 8.02. The van der Waals surface area contributed by atoms with Crippen LogP contribution in [0.15, 0.2) is 47.5 Å². The van der Waals surface area contributed by atoms with Gasteiger partial charge in [-0.05, 0) is 49.6 Å². The third-order valence-corrected chi connectivity index (χ3v) is 8.10. The average molecular weight is 489 g/mol. The average Bonchev–Trinajstić information content (AvgIpc) is 2.88. The second-order valence-corrected chi connectivity index (χ2v) is 10.3. The number of hydrogen-bond acceptors (Lipinski definition) is 7. The number of aromatic nitrogens is 1. The monoisotopic (exact) mass is 488 g/mol. The number of ether oxygens (including phenoxy) is 2. The molecular weight excluding hydrogens is 456 g/mol. The molecule has 2 aliphatic heterocycles. The molecule has 0 atom stereocenters. The van der Waals surface area contributed by atoms with Gasteiger partial charge in [0, 0.05) is 44.8 Å². The molecule has 2 fully saturated rings. The van der Waals surface area contributed by atoms with Crippen molar-refractivity contribution in [1.29, 1.82) is 0 Å². The molecule has 9 nitrogen and oxygen atoms in total. The third-order valence-electron chi connectivity index (χ3n) is 6.18. The van der Waals surface area contributed by atoms with Crippen molar-refractivity contribution < 1.29 is 22.7 Å². The fourth-order valence-corrected chi connectivity index (χ4v) is 5.92. The Morgan fingerprint density at radius 1 is 1.15 bits per heavy atom. The molecule has 0 aliphatic carbocycles. The quantitative estimate of drug-likeness (QED) is 0.607. The number of carbonyl (C=O) groups excluding carboxylic acids is 1. The number of amides is 1. The standard InChI is InChI=1S/C24H32N4O5S/c1-2-33-21-6-3-5-19(17-21)18-26-24(29)20-8-11-27(12-9-20)23-22(7-4-10-25-23)34(30,31)28-13-15-32-16-14-28/h3-7,10,17,20H,2,8-9,11-16,18H2,1H3,(H,26,29). The lowest BCUT2D eigenvalue weighted by Gasteiger charge is -2.34. The van der Waals surface area contributed by atoms with Crippen molar-refractivity contribution >= 4 is 21.7 Å². The SMILES string of the molecule is CCOc1cccc(CNC(=O)C2CCN(c3ncccc3S(=O)(=O)N3CCOCC3)CC2)c1. The number of nitrogens with zero attached hydrogens (tertiary/aromatic N) is 3. The molecule has 0 saturated carbocycles. The molecule has 184 valence electrons. The normalized spacial score (nSPS) is 18.0. The number of piperidine rings is 1. The van der Waals surface area contributed by atoms with Gasteiger partial charge in [0.05, 0.1) is 19.8 Å². The maximum atomic E-state index is 13.2. The zero-order valence-corrected chi connectivity index (χ0v) is 20.3. The molecule has 10 heteroatoms. The number of morpholine rings is 1. The van der Waals surface area contributed by atoms with Crippen LogP contribution in [0.25, 0.3) is 0 Å². The van der Waals surface area contributed by atoms with E-state index in [9.17, 15) is 13.2 Å². The molecule has 3 heterocycles. The number of sulfonamides is 1. The van der Waals surface area contributed by atoms with Gasteiger partial charge in [-0.15, -0.1) is 0 Å². The van der Waals surface area contributed by atoms with Gasteiger partial charge in [-0.3, -0.25) is 4.79 Å². The fraction of sp³-hybridized carbons (Fsp3) is 0.500. The Hall–Kier alpha value is -2.69.